The van der Waals surface area contributed by atoms with Crippen molar-refractivity contribution >= 4 is 40.0 Å². The van der Waals surface area contributed by atoms with Crippen molar-refractivity contribution in [2.75, 3.05) is 11.9 Å². The first-order valence-corrected chi connectivity index (χ1v) is 11.6. The molecule has 0 radical (unpaired) electrons. The first-order chi connectivity index (χ1) is 12.6. The van der Waals surface area contributed by atoms with Crippen molar-refractivity contribution in [3.8, 4) is 0 Å². The molecule has 4 nitrogen and oxygen atoms in total. The zero-order valence-corrected chi connectivity index (χ0v) is 17.4. The standard InChI is InChI=1S/C20H29NO3S2/c1-3-24-20(23)17-15-11-7-8-12-16(15)26-19(17)21-18(22)13(2)25-14-9-5-4-6-10-14/h13-14H,3-12H2,1-2H3,(H,21,22)/t13-/m0/s1. The Balaban J connectivity index is 1.72. The number of thiophene rings is 1. The second kappa shape index (κ2) is 9.27. The molecular weight excluding hydrogens is 366 g/mol. The van der Waals surface area contributed by atoms with Gasteiger partial charge in [0.1, 0.15) is 5.00 Å². The number of thioether (sulfide) groups is 1. The predicted molar refractivity (Wildman–Crippen MR) is 109 cm³/mol. The maximum Gasteiger partial charge on any atom is 0.341 e. The summed E-state index contributed by atoms with van der Waals surface area (Å²) in [5, 5.41) is 4.23. The second-order valence-corrected chi connectivity index (χ2v) is 9.91. The van der Waals surface area contributed by atoms with Gasteiger partial charge in [0.05, 0.1) is 17.4 Å². The lowest BCUT2D eigenvalue weighted by atomic mass is 9.95. The molecule has 1 heterocycles. The minimum atomic E-state index is -0.296. The summed E-state index contributed by atoms with van der Waals surface area (Å²) in [6.07, 6.45) is 10.4. The maximum atomic E-state index is 12.8. The van der Waals surface area contributed by atoms with Crippen LogP contribution in [0.15, 0.2) is 0 Å². The number of hydrogen-bond acceptors (Lipinski definition) is 5. The van der Waals surface area contributed by atoms with Crippen LogP contribution in [0.2, 0.25) is 0 Å². The van der Waals surface area contributed by atoms with E-state index < -0.39 is 0 Å². The van der Waals surface area contributed by atoms with Crippen molar-refractivity contribution in [1.82, 2.24) is 0 Å². The predicted octanol–water partition coefficient (Wildman–Crippen LogP) is 5.20. The Hall–Kier alpha value is -1.01. The molecule has 2 aliphatic rings. The Morgan fingerprint density at radius 3 is 2.65 bits per heavy atom. The Morgan fingerprint density at radius 1 is 1.19 bits per heavy atom. The first kappa shape index (κ1) is 19.7. The van der Waals surface area contributed by atoms with E-state index in [0.29, 0.717) is 22.4 Å². The number of anilines is 1. The lowest BCUT2D eigenvalue weighted by Crippen LogP contribution is -2.26. The van der Waals surface area contributed by atoms with E-state index >= 15 is 0 Å². The molecule has 1 atom stereocenters. The van der Waals surface area contributed by atoms with Gasteiger partial charge < -0.3 is 10.1 Å². The highest BCUT2D eigenvalue weighted by Gasteiger charge is 2.29. The van der Waals surface area contributed by atoms with Crippen LogP contribution in [-0.4, -0.2) is 29.0 Å². The molecule has 1 aromatic rings. The quantitative estimate of drug-likeness (QED) is 0.673. The lowest BCUT2D eigenvalue weighted by molar-refractivity contribution is -0.115. The van der Waals surface area contributed by atoms with Crippen LogP contribution in [0.5, 0.6) is 0 Å². The third-order valence-corrected chi connectivity index (χ3v) is 7.89. The molecular formula is C20H29NO3S2. The molecule has 1 amide bonds. The van der Waals surface area contributed by atoms with E-state index in [2.05, 4.69) is 5.32 Å². The fourth-order valence-electron chi connectivity index (χ4n) is 3.84. The van der Waals surface area contributed by atoms with Crippen LogP contribution in [0, 0.1) is 0 Å². The lowest BCUT2D eigenvalue weighted by Gasteiger charge is -2.23. The number of amides is 1. The van der Waals surface area contributed by atoms with Gasteiger partial charge >= 0.3 is 5.97 Å². The minimum Gasteiger partial charge on any atom is -0.462 e. The summed E-state index contributed by atoms with van der Waals surface area (Å²) in [5.41, 5.74) is 1.71. The number of rotatable bonds is 6. The highest BCUT2D eigenvalue weighted by Crippen LogP contribution is 2.39. The zero-order chi connectivity index (χ0) is 18.5. The average Bonchev–Trinajstić information content (AvgIpc) is 3.00. The van der Waals surface area contributed by atoms with E-state index in [1.165, 1.54) is 37.0 Å². The molecule has 0 unspecified atom stereocenters. The van der Waals surface area contributed by atoms with Gasteiger partial charge in [0.15, 0.2) is 0 Å². The van der Waals surface area contributed by atoms with Crippen LogP contribution in [-0.2, 0) is 22.4 Å². The molecule has 1 aromatic heterocycles. The summed E-state index contributed by atoms with van der Waals surface area (Å²) in [5.74, 6) is -0.292. The highest BCUT2D eigenvalue weighted by molar-refractivity contribution is 8.01. The first-order valence-electron chi connectivity index (χ1n) is 9.88. The third kappa shape index (κ3) is 4.63. The normalized spacial score (nSPS) is 18.8. The number of carbonyl (C=O) groups excluding carboxylic acids is 2. The van der Waals surface area contributed by atoms with E-state index in [1.807, 2.05) is 13.8 Å². The van der Waals surface area contributed by atoms with Crippen molar-refractivity contribution in [3.63, 3.8) is 0 Å². The Morgan fingerprint density at radius 2 is 1.92 bits per heavy atom. The van der Waals surface area contributed by atoms with Crippen LogP contribution < -0.4 is 5.32 Å². The van der Waals surface area contributed by atoms with Gasteiger partial charge in [-0.25, -0.2) is 4.79 Å². The average molecular weight is 396 g/mol. The summed E-state index contributed by atoms with van der Waals surface area (Å²) < 4.78 is 5.27. The molecule has 2 aliphatic carbocycles. The Labute approximate surface area is 164 Å². The highest BCUT2D eigenvalue weighted by atomic mass is 32.2. The molecule has 0 saturated heterocycles. The summed E-state index contributed by atoms with van der Waals surface area (Å²) in [6, 6.07) is 0. The zero-order valence-electron chi connectivity index (χ0n) is 15.8. The van der Waals surface area contributed by atoms with Crippen LogP contribution in [0.1, 0.15) is 79.6 Å². The third-order valence-electron chi connectivity index (χ3n) is 5.21. The number of aryl methyl sites for hydroxylation is 1. The van der Waals surface area contributed by atoms with Gasteiger partial charge in [-0.2, -0.15) is 0 Å². The smallest absolute Gasteiger partial charge is 0.341 e. The number of carbonyl (C=O) groups is 2. The molecule has 1 saturated carbocycles. The van der Waals surface area contributed by atoms with Crippen molar-refractivity contribution in [1.29, 1.82) is 0 Å². The Bertz CT molecular complexity index is 650. The fraction of sp³-hybridized carbons (Fsp3) is 0.700. The van der Waals surface area contributed by atoms with Crippen LogP contribution in [0.25, 0.3) is 0 Å². The van der Waals surface area contributed by atoms with Gasteiger partial charge in [-0.05, 0) is 57.9 Å². The minimum absolute atomic E-state index is 0.00437. The van der Waals surface area contributed by atoms with Crippen LogP contribution in [0.3, 0.4) is 0 Å². The van der Waals surface area contributed by atoms with Crippen molar-refractivity contribution < 1.29 is 14.3 Å². The van der Waals surface area contributed by atoms with Gasteiger partial charge in [0.2, 0.25) is 5.91 Å². The van der Waals surface area contributed by atoms with Gasteiger partial charge in [-0.15, -0.1) is 23.1 Å². The van der Waals surface area contributed by atoms with Gasteiger partial charge in [0, 0.05) is 10.1 Å². The molecule has 0 spiro atoms. The van der Waals surface area contributed by atoms with E-state index in [4.69, 9.17) is 4.74 Å². The molecule has 3 rings (SSSR count). The molecule has 0 bridgehead atoms. The van der Waals surface area contributed by atoms with E-state index in [9.17, 15) is 9.59 Å². The monoisotopic (exact) mass is 395 g/mol. The Kier molecular flexibility index (Phi) is 7.04. The molecule has 0 aliphatic heterocycles. The molecule has 26 heavy (non-hydrogen) atoms. The van der Waals surface area contributed by atoms with Gasteiger partial charge in [0.25, 0.3) is 0 Å². The van der Waals surface area contributed by atoms with Crippen LogP contribution >= 0.6 is 23.1 Å². The van der Waals surface area contributed by atoms with E-state index in [-0.39, 0.29) is 17.1 Å². The van der Waals surface area contributed by atoms with E-state index in [0.717, 1.165) is 31.2 Å². The maximum absolute atomic E-state index is 12.8. The van der Waals surface area contributed by atoms with E-state index in [1.54, 1.807) is 23.1 Å². The molecule has 144 valence electrons. The number of fused-ring (bicyclic) bond motifs is 1. The summed E-state index contributed by atoms with van der Waals surface area (Å²) in [7, 11) is 0. The summed E-state index contributed by atoms with van der Waals surface area (Å²) in [4.78, 5) is 26.5. The van der Waals surface area contributed by atoms with Gasteiger partial charge in [-0.1, -0.05) is 19.3 Å². The SMILES string of the molecule is CCOC(=O)c1c(NC(=O)[C@H](C)SC2CCCCC2)sc2c1CCCC2. The number of ether oxygens (including phenoxy) is 1. The summed E-state index contributed by atoms with van der Waals surface area (Å²) >= 11 is 3.35. The number of nitrogens with one attached hydrogen (secondary N) is 1. The second-order valence-electron chi connectivity index (χ2n) is 7.16. The molecule has 1 N–H and O–H groups in total. The molecule has 6 heteroatoms. The van der Waals surface area contributed by atoms with Crippen molar-refractivity contribution in [2.24, 2.45) is 0 Å². The van der Waals surface area contributed by atoms with Crippen molar-refractivity contribution in [3.05, 3.63) is 16.0 Å². The topological polar surface area (TPSA) is 55.4 Å². The van der Waals surface area contributed by atoms with Crippen molar-refractivity contribution in [2.45, 2.75) is 82.1 Å². The fourth-order valence-corrected chi connectivity index (χ4v) is 6.48. The number of esters is 1. The summed E-state index contributed by atoms with van der Waals surface area (Å²) in [6.45, 7) is 4.15. The van der Waals surface area contributed by atoms with Crippen LogP contribution in [0.4, 0.5) is 5.00 Å². The largest absolute Gasteiger partial charge is 0.462 e. The molecule has 0 aromatic carbocycles. The van der Waals surface area contributed by atoms with Gasteiger partial charge in [-0.3, -0.25) is 4.79 Å². The molecule has 1 fully saturated rings. The number of hydrogen-bond donors (Lipinski definition) is 1.